The summed E-state index contributed by atoms with van der Waals surface area (Å²) in [6.07, 6.45) is -0.396. The highest BCUT2D eigenvalue weighted by atomic mass is 35.5. The smallest absolute Gasteiger partial charge is 0.222 e. The van der Waals surface area contributed by atoms with Crippen molar-refractivity contribution in [1.82, 2.24) is 4.90 Å². The molecule has 0 radical (unpaired) electrons. The van der Waals surface area contributed by atoms with Gasteiger partial charge < -0.3 is 20.7 Å². The molecule has 1 fully saturated rings. The van der Waals surface area contributed by atoms with Gasteiger partial charge in [0.05, 0.1) is 13.2 Å². The van der Waals surface area contributed by atoms with Crippen LogP contribution in [0.2, 0.25) is 0 Å². The Morgan fingerprint density at radius 2 is 1.81 bits per heavy atom. The van der Waals surface area contributed by atoms with Crippen LogP contribution in [0.1, 0.15) is 30.9 Å². The summed E-state index contributed by atoms with van der Waals surface area (Å²) in [4.78, 5) is 13.6. The summed E-state index contributed by atoms with van der Waals surface area (Å²) in [5.41, 5.74) is 10.6. The molecule has 2 aromatic rings. The van der Waals surface area contributed by atoms with Gasteiger partial charge in [-0.15, -0.1) is 12.4 Å². The minimum atomic E-state index is -0.396. The molecule has 3 N–H and O–H groups in total. The molecule has 2 aromatic carbocycles. The predicted octanol–water partition coefficient (Wildman–Crippen LogP) is 3.76. The molecule has 0 aliphatic carbocycles. The summed E-state index contributed by atoms with van der Waals surface area (Å²) in [6.45, 7) is 9.36. The van der Waals surface area contributed by atoms with Gasteiger partial charge in [0, 0.05) is 24.5 Å². The Kier molecular flexibility index (Phi) is 7.41. The summed E-state index contributed by atoms with van der Waals surface area (Å²) < 4.78 is 5.54. The molecule has 31 heavy (non-hydrogen) atoms. The fraction of sp³-hybridized carbons (Fsp3) is 0.391. The van der Waals surface area contributed by atoms with Crippen LogP contribution in [0, 0.1) is 6.92 Å². The van der Waals surface area contributed by atoms with Crippen molar-refractivity contribution >= 4 is 35.7 Å². The molecule has 1 saturated heterocycles. The molecule has 0 saturated carbocycles. The van der Waals surface area contributed by atoms with E-state index in [1.54, 1.807) is 0 Å². The van der Waals surface area contributed by atoms with Gasteiger partial charge in [-0.3, -0.25) is 4.90 Å². The van der Waals surface area contributed by atoms with E-state index >= 15 is 0 Å². The minimum absolute atomic E-state index is 0. The summed E-state index contributed by atoms with van der Waals surface area (Å²) >= 11 is 0. The van der Waals surface area contributed by atoms with E-state index in [1.165, 1.54) is 11.1 Å². The molecule has 166 valence electrons. The normalized spacial score (nSPS) is 18.9. The van der Waals surface area contributed by atoms with Crippen LogP contribution in [0.4, 0.5) is 11.4 Å². The van der Waals surface area contributed by atoms with Gasteiger partial charge in [0.15, 0.2) is 0 Å². The van der Waals surface area contributed by atoms with Gasteiger partial charge in [0.2, 0.25) is 18.2 Å². The molecule has 7 nitrogen and oxygen atoms in total. The Morgan fingerprint density at radius 3 is 2.45 bits per heavy atom. The van der Waals surface area contributed by atoms with E-state index in [0.29, 0.717) is 19.1 Å². The topological polar surface area (TPSA) is 78.5 Å². The lowest BCUT2D eigenvalue weighted by molar-refractivity contribution is 0.0671. The molecular weight excluding hydrogens is 412 g/mol. The lowest BCUT2D eigenvalue weighted by Gasteiger charge is -2.41. The zero-order valence-corrected chi connectivity index (χ0v) is 19.1. The van der Waals surface area contributed by atoms with Gasteiger partial charge >= 0.3 is 0 Å². The molecule has 0 bridgehead atoms. The van der Waals surface area contributed by atoms with Crippen LogP contribution in [0.25, 0.3) is 0 Å². The standard InChI is InChI=1S/C23H30N6O.ClH/c1-16(2)18-7-9-19(10-8-18)25-22-26-21(24)27-23(28-11-13-30-14-12-28)29(22)20-6-4-5-17(3)15-20;/h4-10,15-16,22,25H,11-14H2,1-3H3,(H2,24,26);1H. The van der Waals surface area contributed by atoms with E-state index < -0.39 is 6.29 Å². The third kappa shape index (κ3) is 5.29. The average Bonchev–Trinajstić information content (AvgIpc) is 2.74. The molecule has 0 spiro atoms. The number of rotatable bonds is 4. The first-order valence-electron chi connectivity index (χ1n) is 10.5. The zero-order chi connectivity index (χ0) is 21.1. The number of guanidine groups is 2. The van der Waals surface area contributed by atoms with Crippen molar-refractivity contribution in [2.24, 2.45) is 15.7 Å². The number of hydrogen-bond acceptors (Lipinski definition) is 7. The van der Waals surface area contributed by atoms with E-state index in [-0.39, 0.29) is 18.4 Å². The Balaban J connectivity index is 0.00000272. The SMILES string of the molecule is Cc1cccc(N2C(N3CCOCC3)=NC(N)=NC2Nc2ccc(C(C)C)cc2)c1.Cl. The second-order valence-corrected chi connectivity index (χ2v) is 8.00. The highest BCUT2D eigenvalue weighted by Gasteiger charge is 2.32. The molecule has 2 aliphatic heterocycles. The molecule has 1 atom stereocenters. The third-order valence-corrected chi connectivity index (χ3v) is 5.38. The fourth-order valence-electron chi connectivity index (χ4n) is 3.71. The van der Waals surface area contributed by atoms with Gasteiger partial charge in [-0.2, -0.15) is 4.99 Å². The van der Waals surface area contributed by atoms with Gasteiger partial charge in [-0.1, -0.05) is 38.1 Å². The van der Waals surface area contributed by atoms with Gasteiger partial charge in [0.1, 0.15) is 0 Å². The summed E-state index contributed by atoms with van der Waals surface area (Å²) in [6, 6.07) is 16.8. The van der Waals surface area contributed by atoms with Crippen molar-refractivity contribution in [2.45, 2.75) is 33.0 Å². The van der Waals surface area contributed by atoms with Crippen molar-refractivity contribution < 1.29 is 4.74 Å². The molecule has 1 unspecified atom stereocenters. The fourth-order valence-corrected chi connectivity index (χ4v) is 3.71. The first kappa shape index (κ1) is 22.9. The number of hydrogen-bond donors (Lipinski definition) is 2. The average molecular weight is 443 g/mol. The molecule has 4 rings (SSSR count). The maximum Gasteiger partial charge on any atom is 0.222 e. The summed E-state index contributed by atoms with van der Waals surface area (Å²) in [5.74, 6) is 1.57. The maximum atomic E-state index is 6.15. The van der Waals surface area contributed by atoms with Crippen LogP contribution < -0.4 is 16.0 Å². The molecule has 0 aromatic heterocycles. The number of aliphatic imine (C=N–C) groups is 2. The van der Waals surface area contributed by atoms with Crippen molar-refractivity contribution in [3.05, 3.63) is 59.7 Å². The molecule has 2 heterocycles. The number of nitrogens with zero attached hydrogens (tertiary/aromatic N) is 4. The molecular formula is C23H31ClN6O. The first-order valence-corrected chi connectivity index (χ1v) is 10.5. The molecule has 2 aliphatic rings. The van der Waals surface area contributed by atoms with E-state index in [4.69, 9.17) is 10.5 Å². The Morgan fingerprint density at radius 1 is 1.10 bits per heavy atom. The van der Waals surface area contributed by atoms with Crippen LogP contribution in [-0.4, -0.2) is 49.4 Å². The number of ether oxygens (including phenoxy) is 1. The van der Waals surface area contributed by atoms with E-state index in [0.717, 1.165) is 30.4 Å². The maximum absolute atomic E-state index is 6.15. The van der Waals surface area contributed by atoms with Gasteiger partial charge in [-0.25, -0.2) is 4.99 Å². The van der Waals surface area contributed by atoms with E-state index in [2.05, 4.69) is 94.4 Å². The van der Waals surface area contributed by atoms with E-state index in [9.17, 15) is 0 Å². The van der Waals surface area contributed by atoms with Crippen LogP contribution in [0.5, 0.6) is 0 Å². The van der Waals surface area contributed by atoms with Crippen molar-refractivity contribution in [2.75, 3.05) is 36.5 Å². The number of halogens is 1. The number of morpholine rings is 1. The lowest BCUT2D eigenvalue weighted by atomic mass is 10.0. The monoisotopic (exact) mass is 442 g/mol. The summed E-state index contributed by atoms with van der Waals surface area (Å²) in [7, 11) is 0. The van der Waals surface area contributed by atoms with Crippen molar-refractivity contribution in [3.8, 4) is 0 Å². The van der Waals surface area contributed by atoms with Crippen LogP contribution in [-0.2, 0) is 4.74 Å². The minimum Gasteiger partial charge on any atom is -0.378 e. The van der Waals surface area contributed by atoms with Crippen LogP contribution in [0.3, 0.4) is 0 Å². The second kappa shape index (κ2) is 10.0. The molecule has 0 amide bonds. The van der Waals surface area contributed by atoms with Crippen molar-refractivity contribution in [3.63, 3.8) is 0 Å². The van der Waals surface area contributed by atoms with Crippen LogP contribution >= 0.6 is 12.4 Å². The Bertz CT molecular complexity index is 937. The largest absolute Gasteiger partial charge is 0.378 e. The number of benzene rings is 2. The van der Waals surface area contributed by atoms with Crippen molar-refractivity contribution in [1.29, 1.82) is 0 Å². The van der Waals surface area contributed by atoms with Crippen LogP contribution in [0.15, 0.2) is 58.5 Å². The van der Waals surface area contributed by atoms with E-state index in [1.807, 2.05) is 0 Å². The number of nitrogens with two attached hydrogens (primary N) is 1. The summed E-state index contributed by atoms with van der Waals surface area (Å²) in [5, 5.41) is 3.53. The zero-order valence-electron chi connectivity index (χ0n) is 18.3. The number of anilines is 2. The molecule has 8 heteroatoms. The first-order chi connectivity index (χ1) is 14.5. The number of nitrogens with one attached hydrogen (secondary N) is 1. The number of aryl methyl sites for hydroxylation is 1. The quantitative estimate of drug-likeness (QED) is 0.753. The predicted molar refractivity (Wildman–Crippen MR) is 130 cm³/mol. The highest BCUT2D eigenvalue weighted by Crippen LogP contribution is 2.26. The Labute approximate surface area is 190 Å². The second-order valence-electron chi connectivity index (χ2n) is 8.00. The Hall–Kier alpha value is -2.77. The third-order valence-electron chi connectivity index (χ3n) is 5.38. The van der Waals surface area contributed by atoms with Gasteiger partial charge in [-0.05, 0) is 48.2 Å². The highest BCUT2D eigenvalue weighted by molar-refractivity contribution is 6.06. The lowest BCUT2D eigenvalue weighted by Crippen LogP contribution is -2.57. The van der Waals surface area contributed by atoms with Gasteiger partial charge in [0.25, 0.3) is 0 Å².